The van der Waals surface area contributed by atoms with Crippen molar-refractivity contribution in [3.8, 4) is 0 Å². The molecule has 0 aromatic carbocycles. The van der Waals surface area contributed by atoms with Gasteiger partial charge >= 0.3 is 19.8 Å². The number of hydrogen-bond donors (Lipinski definition) is 2. The number of nitrogens with one attached hydrogen (secondary N) is 1. The molecular weight excluding hydrogens is 802 g/mol. The standard InChI is InChI=1S/C51H100NO9P/c1-8-10-12-14-16-18-20-22-24-26-28-30-32-34-36-38-47(53)58-44-46(45-60-62(56,57)59-43-42-52-49(55)51(6,7)41-40-50(3,4)5)61-48(54)39-37-35-33-31-29-27-25-23-21-19-17-15-13-11-9-2/h46H,8-45H2,1-7H3,(H,52,55)(H,56,57)/t46-/m1/s1. The van der Waals surface area contributed by atoms with Crippen LogP contribution >= 0.6 is 7.82 Å². The number of carbonyl (C=O) groups excluding carboxylic acids is 3. The Labute approximate surface area is 382 Å². The van der Waals surface area contributed by atoms with Crippen molar-refractivity contribution in [2.24, 2.45) is 10.8 Å². The van der Waals surface area contributed by atoms with Crippen molar-refractivity contribution in [1.29, 1.82) is 0 Å². The van der Waals surface area contributed by atoms with E-state index in [1.807, 2.05) is 13.8 Å². The van der Waals surface area contributed by atoms with Crippen LogP contribution in [0.1, 0.15) is 267 Å². The lowest BCUT2D eigenvalue weighted by molar-refractivity contribution is -0.161. The molecule has 0 aliphatic carbocycles. The van der Waals surface area contributed by atoms with Crippen LogP contribution in [0.4, 0.5) is 0 Å². The molecule has 0 rings (SSSR count). The van der Waals surface area contributed by atoms with Gasteiger partial charge in [-0.15, -0.1) is 0 Å². The highest BCUT2D eigenvalue weighted by Gasteiger charge is 2.30. The highest BCUT2D eigenvalue weighted by molar-refractivity contribution is 7.47. The van der Waals surface area contributed by atoms with Gasteiger partial charge in [-0.05, 0) is 31.1 Å². The van der Waals surface area contributed by atoms with Crippen LogP contribution in [0.2, 0.25) is 0 Å². The Kier molecular flexibility index (Phi) is 38.9. The third-order valence-corrected chi connectivity index (χ3v) is 12.9. The van der Waals surface area contributed by atoms with E-state index in [0.29, 0.717) is 12.8 Å². The lowest BCUT2D eigenvalue weighted by Gasteiger charge is -2.28. The lowest BCUT2D eigenvalue weighted by atomic mass is 9.79. The molecular formula is C51H100NO9P. The van der Waals surface area contributed by atoms with E-state index >= 15 is 0 Å². The van der Waals surface area contributed by atoms with Gasteiger partial charge in [0.25, 0.3) is 0 Å². The average molecular weight is 902 g/mol. The van der Waals surface area contributed by atoms with Crippen LogP contribution in [0, 0.1) is 10.8 Å². The van der Waals surface area contributed by atoms with Crippen molar-refractivity contribution in [2.45, 2.75) is 273 Å². The van der Waals surface area contributed by atoms with Crippen LogP contribution in [-0.4, -0.2) is 55.2 Å². The molecule has 0 heterocycles. The molecule has 0 aromatic heterocycles. The van der Waals surface area contributed by atoms with Gasteiger partial charge in [-0.2, -0.15) is 0 Å². The molecule has 0 aliphatic rings. The molecule has 2 N–H and O–H groups in total. The molecule has 62 heavy (non-hydrogen) atoms. The predicted molar refractivity (Wildman–Crippen MR) is 257 cm³/mol. The van der Waals surface area contributed by atoms with Gasteiger partial charge in [0.2, 0.25) is 5.91 Å². The van der Waals surface area contributed by atoms with Gasteiger partial charge in [-0.1, -0.05) is 228 Å². The number of hydrogen-bond acceptors (Lipinski definition) is 8. The fourth-order valence-corrected chi connectivity index (χ4v) is 8.23. The Bertz CT molecular complexity index is 1130. The second-order valence-corrected chi connectivity index (χ2v) is 21.4. The van der Waals surface area contributed by atoms with E-state index < -0.39 is 37.9 Å². The smallest absolute Gasteiger partial charge is 0.462 e. The summed E-state index contributed by atoms with van der Waals surface area (Å²) in [5.41, 5.74) is -0.497. The molecule has 10 nitrogen and oxygen atoms in total. The van der Waals surface area contributed by atoms with Crippen molar-refractivity contribution in [1.82, 2.24) is 5.32 Å². The molecule has 0 fully saturated rings. The molecule has 11 heteroatoms. The number of amides is 1. The van der Waals surface area contributed by atoms with Crippen molar-refractivity contribution in [2.75, 3.05) is 26.4 Å². The second-order valence-electron chi connectivity index (χ2n) is 20.0. The van der Waals surface area contributed by atoms with E-state index in [4.69, 9.17) is 18.5 Å². The molecule has 2 atom stereocenters. The largest absolute Gasteiger partial charge is 0.472 e. The van der Waals surface area contributed by atoms with Crippen LogP contribution < -0.4 is 5.32 Å². The summed E-state index contributed by atoms with van der Waals surface area (Å²) in [6.45, 7) is 13.7. The molecule has 0 aliphatic heterocycles. The summed E-state index contributed by atoms with van der Waals surface area (Å²) in [4.78, 5) is 48.6. The van der Waals surface area contributed by atoms with Gasteiger partial charge in [0.05, 0.1) is 13.2 Å². The maximum atomic E-state index is 12.8. The van der Waals surface area contributed by atoms with E-state index in [0.717, 1.165) is 44.9 Å². The molecule has 368 valence electrons. The number of unbranched alkanes of at least 4 members (excludes halogenated alkanes) is 28. The number of ether oxygens (including phenoxy) is 2. The summed E-state index contributed by atoms with van der Waals surface area (Å²) in [6.07, 6.45) is 38.0. The Morgan fingerprint density at radius 3 is 1.27 bits per heavy atom. The van der Waals surface area contributed by atoms with E-state index in [-0.39, 0.29) is 43.9 Å². The number of carbonyl (C=O) groups is 3. The van der Waals surface area contributed by atoms with E-state index in [9.17, 15) is 23.8 Å². The number of phosphoric ester groups is 1. The second kappa shape index (κ2) is 39.8. The fraction of sp³-hybridized carbons (Fsp3) is 0.941. The Hall–Kier alpha value is -1.48. The Morgan fingerprint density at radius 2 is 0.887 bits per heavy atom. The van der Waals surface area contributed by atoms with Gasteiger partial charge in [-0.3, -0.25) is 23.4 Å². The van der Waals surface area contributed by atoms with Gasteiger partial charge in [0.1, 0.15) is 6.61 Å². The van der Waals surface area contributed by atoms with Crippen LogP contribution in [0.5, 0.6) is 0 Å². The number of esters is 2. The van der Waals surface area contributed by atoms with Crippen LogP contribution in [-0.2, 0) is 37.5 Å². The monoisotopic (exact) mass is 902 g/mol. The summed E-state index contributed by atoms with van der Waals surface area (Å²) in [7, 11) is -4.56. The van der Waals surface area contributed by atoms with Gasteiger partial charge in [0, 0.05) is 24.8 Å². The zero-order valence-corrected chi connectivity index (χ0v) is 42.5. The maximum Gasteiger partial charge on any atom is 0.472 e. The van der Waals surface area contributed by atoms with E-state index in [1.165, 1.54) is 148 Å². The zero-order chi connectivity index (χ0) is 46.2. The molecule has 1 unspecified atom stereocenters. The first kappa shape index (κ1) is 60.5. The van der Waals surface area contributed by atoms with Crippen molar-refractivity contribution < 1.29 is 42.4 Å². The fourth-order valence-electron chi connectivity index (χ4n) is 7.48. The van der Waals surface area contributed by atoms with Crippen molar-refractivity contribution >= 4 is 25.7 Å². The van der Waals surface area contributed by atoms with Crippen molar-refractivity contribution in [3.63, 3.8) is 0 Å². The molecule has 0 radical (unpaired) electrons. The zero-order valence-electron chi connectivity index (χ0n) is 41.6. The first-order chi connectivity index (χ1) is 29.6. The average Bonchev–Trinajstić information content (AvgIpc) is 3.22. The summed E-state index contributed by atoms with van der Waals surface area (Å²) in [5.74, 6) is -1.02. The first-order valence-corrected chi connectivity index (χ1v) is 27.4. The summed E-state index contributed by atoms with van der Waals surface area (Å²) in [5, 5.41) is 2.78. The van der Waals surface area contributed by atoms with Crippen molar-refractivity contribution in [3.05, 3.63) is 0 Å². The van der Waals surface area contributed by atoms with Gasteiger partial charge < -0.3 is 19.7 Å². The Balaban J connectivity index is 4.62. The van der Waals surface area contributed by atoms with Crippen LogP contribution in [0.3, 0.4) is 0 Å². The topological polar surface area (TPSA) is 137 Å². The number of rotatable bonds is 45. The normalized spacial score (nSPS) is 13.5. The molecule has 0 bridgehead atoms. The first-order valence-electron chi connectivity index (χ1n) is 25.9. The summed E-state index contributed by atoms with van der Waals surface area (Å²) in [6, 6.07) is 0. The highest BCUT2D eigenvalue weighted by atomic mass is 31.2. The van der Waals surface area contributed by atoms with Crippen LogP contribution in [0.15, 0.2) is 0 Å². The minimum Gasteiger partial charge on any atom is -0.462 e. The maximum absolute atomic E-state index is 12.8. The molecule has 0 saturated carbocycles. The van der Waals surface area contributed by atoms with Gasteiger partial charge in [-0.25, -0.2) is 4.57 Å². The third-order valence-electron chi connectivity index (χ3n) is 11.9. The Morgan fingerprint density at radius 1 is 0.516 bits per heavy atom. The van der Waals surface area contributed by atoms with Gasteiger partial charge in [0.15, 0.2) is 6.10 Å². The third kappa shape index (κ3) is 41.2. The molecule has 0 saturated heterocycles. The SMILES string of the molecule is CCCCCCCCCCCCCCCCCC(=O)OC[C@H](COP(=O)(O)OCCNC(=O)C(C)(C)CCC(C)(C)C)OC(=O)CCCCCCCCCCCCCCCCC. The van der Waals surface area contributed by atoms with E-state index in [2.05, 4.69) is 39.9 Å². The van der Waals surface area contributed by atoms with E-state index in [1.54, 1.807) is 0 Å². The summed E-state index contributed by atoms with van der Waals surface area (Å²) < 4.78 is 34.1. The quantitative estimate of drug-likeness (QED) is 0.0347. The minimum atomic E-state index is -4.56. The molecule has 0 spiro atoms. The highest BCUT2D eigenvalue weighted by Crippen LogP contribution is 2.43. The lowest BCUT2D eigenvalue weighted by Crippen LogP contribution is -2.39. The summed E-state index contributed by atoms with van der Waals surface area (Å²) >= 11 is 0. The predicted octanol–water partition coefficient (Wildman–Crippen LogP) is 15.1. The molecule has 1 amide bonds. The molecule has 0 aromatic rings. The minimum absolute atomic E-state index is 0.0281. The number of phosphoric acid groups is 1. The van der Waals surface area contributed by atoms with Crippen LogP contribution in [0.25, 0.3) is 0 Å².